The highest BCUT2D eigenvalue weighted by Gasteiger charge is 2.28. The standard InChI is InChI=1S/C23H37N5O2/c1-19(2)27-14-16-28(17-15-27)23(30)21-4-3-12-26(13-8-22(29)25-11-7-21)18-20-5-9-24-10-6-20/h5-6,9-10,19,21H,3-4,7-8,11-18H2,1-2H3,(H,25,29). The van der Waals surface area contributed by atoms with Crippen LogP contribution in [0.1, 0.15) is 45.1 Å². The predicted molar refractivity (Wildman–Crippen MR) is 118 cm³/mol. The Kier molecular flexibility index (Phi) is 8.63. The van der Waals surface area contributed by atoms with E-state index in [0.717, 1.165) is 65.1 Å². The van der Waals surface area contributed by atoms with Gasteiger partial charge in [-0.25, -0.2) is 0 Å². The Balaban J connectivity index is 1.57. The fraction of sp³-hybridized carbons (Fsp3) is 0.696. The van der Waals surface area contributed by atoms with Gasteiger partial charge in [0.2, 0.25) is 11.8 Å². The molecule has 30 heavy (non-hydrogen) atoms. The summed E-state index contributed by atoms with van der Waals surface area (Å²) in [4.78, 5) is 36.3. The predicted octanol–water partition coefficient (Wildman–Crippen LogP) is 1.74. The van der Waals surface area contributed by atoms with Crippen LogP contribution in [0.4, 0.5) is 0 Å². The average molecular weight is 416 g/mol. The second-order valence-corrected chi connectivity index (χ2v) is 8.81. The number of nitrogens with zero attached hydrogens (tertiary/aromatic N) is 4. The van der Waals surface area contributed by atoms with Gasteiger partial charge in [-0.15, -0.1) is 0 Å². The summed E-state index contributed by atoms with van der Waals surface area (Å²) in [7, 11) is 0. The van der Waals surface area contributed by atoms with E-state index in [9.17, 15) is 9.59 Å². The van der Waals surface area contributed by atoms with Crippen LogP contribution in [-0.4, -0.2) is 83.4 Å². The van der Waals surface area contributed by atoms with Crippen molar-refractivity contribution in [3.63, 3.8) is 0 Å². The topological polar surface area (TPSA) is 68.8 Å². The van der Waals surface area contributed by atoms with Crippen molar-refractivity contribution in [1.82, 2.24) is 25.0 Å². The highest BCUT2D eigenvalue weighted by Crippen LogP contribution is 2.19. The highest BCUT2D eigenvalue weighted by molar-refractivity contribution is 5.79. The molecule has 7 nitrogen and oxygen atoms in total. The number of carbonyl (C=O) groups excluding carboxylic acids is 2. The molecule has 0 aliphatic carbocycles. The minimum atomic E-state index is -0.00299. The maximum atomic E-state index is 13.2. The van der Waals surface area contributed by atoms with Crippen molar-refractivity contribution >= 4 is 11.8 Å². The molecule has 0 radical (unpaired) electrons. The molecule has 3 rings (SSSR count). The molecule has 1 aromatic rings. The first-order valence-electron chi connectivity index (χ1n) is 11.4. The SMILES string of the molecule is CC(C)N1CCN(C(=O)C2CCCN(Cc3ccncc3)CCC(=O)NCC2)CC1. The first-order chi connectivity index (χ1) is 14.5. The summed E-state index contributed by atoms with van der Waals surface area (Å²) >= 11 is 0. The lowest BCUT2D eigenvalue weighted by molar-refractivity contribution is -0.138. The van der Waals surface area contributed by atoms with E-state index in [2.05, 4.69) is 33.9 Å². The smallest absolute Gasteiger partial charge is 0.225 e. The maximum absolute atomic E-state index is 13.2. The molecule has 3 heterocycles. The molecular weight excluding hydrogens is 378 g/mol. The lowest BCUT2D eigenvalue weighted by Gasteiger charge is -2.38. The molecule has 0 bridgehead atoms. The van der Waals surface area contributed by atoms with Crippen LogP contribution in [0.2, 0.25) is 0 Å². The van der Waals surface area contributed by atoms with Crippen LogP contribution in [0.3, 0.4) is 0 Å². The Hall–Kier alpha value is -1.99. The lowest BCUT2D eigenvalue weighted by Crippen LogP contribution is -2.52. The van der Waals surface area contributed by atoms with E-state index in [-0.39, 0.29) is 17.7 Å². The van der Waals surface area contributed by atoms with Gasteiger partial charge in [-0.2, -0.15) is 0 Å². The normalized spacial score (nSPS) is 23.1. The summed E-state index contributed by atoms with van der Waals surface area (Å²) in [5.74, 6) is 0.345. The molecule has 0 spiro atoms. The summed E-state index contributed by atoms with van der Waals surface area (Å²) in [6.07, 6.45) is 6.71. The van der Waals surface area contributed by atoms with E-state index in [0.29, 0.717) is 19.0 Å². The Labute approximate surface area is 180 Å². The largest absolute Gasteiger partial charge is 0.356 e. The average Bonchev–Trinajstić information content (AvgIpc) is 2.80. The van der Waals surface area contributed by atoms with E-state index in [4.69, 9.17) is 0 Å². The maximum Gasteiger partial charge on any atom is 0.225 e. The second kappa shape index (κ2) is 11.4. The van der Waals surface area contributed by atoms with Gasteiger partial charge in [0.05, 0.1) is 0 Å². The zero-order chi connectivity index (χ0) is 21.3. The molecule has 0 saturated carbocycles. The van der Waals surface area contributed by atoms with Crippen molar-refractivity contribution in [1.29, 1.82) is 0 Å². The zero-order valence-electron chi connectivity index (χ0n) is 18.6. The van der Waals surface area contributed by atoms with Gasteiger partial charge in [-0.1, -0.05) is 0 Å². The van der Waals surface area contributed by atoms with Crippen molar-refractivity contribution in [2.75, 3.05) is 45.8 Å². The van der Waals surface area contributed by atoms with Crippen LogP contribution in [0.15, 0.2) is 24.5 Å². The molecule has 2 saturated heterocycles. The molecule has 2 fully saturated rings. The Bertz CT molecular complexity index is 673. The minimum absolute atomic E-state index is 0.00299. The summed E-state index contributed by atoms with van der Waals surface area (Å²) in [6, 6.07) is 4.57. The molecule has 1 aromatic heterocycles. The third kappa shape index (κ3) is 6.77. The number of nitrogens with one attached hydrogen (secondary N) is 1. The van der Waals surface area contributed by atoms with Crippen molar-refractivity contribution in [2.45, 2.75) is 52.1 Å². The molecule has 2 amide bonds. The number of rotatable bonds is 4. The van der Waals surface area contributed by atoms with Gasteiger partial charge in [0.25, 0.3) is 0 Å². The highest BCUT2D eigenvalue weighted by atomic mass is 16.2. The van der Waals surface area contributed by atoms with Gasteiger partial charge in [0.1, 0.15) is 0 Å². The Morgan fingerprint density at radius 3 is 2.53 bits per heavy atom. The van der Waals surface area contributed by atoms with E-state index in [1.165, 1.54) is 5.56 Å². The van der Waals surface area contributed by atoms with Crippen LogP contribution in [-0.2, 0) is 16.1 Å². The summed E-state index contributed by atoms with van der Waals surface area (Å²) in [5.41, 5.74) is 1.20. The van der Waals surface area contributed by atoms with E-state index in [1.807, 2.05) is 29.4 Å². The van der Waals surface area contributed by atoms with Crippen molar-refractivity contribution in [3.8, 4) is 0 Å². The molecule has 0 aromatic carbocycles. The number of pyridine rings is 1. The Morgan fingerprint density at radius 2 is 1.83 bits per heavy atom. The number of amides is 2. The molecule has 2 aliphatic rings. The number of hydrogen-bond acceptors (Lipinski definition) is 5. The molecular formula is C23H37N5O2. The van der Waals surface area contributed by atoms with Gasteiger partial charge in [-0.05, 0) is 57.4 Å². The summed E-state index contributed by atoms with van der Waals surface area (Å²) in [6.45, 7) is 11.0. The summed E-state index contributed by atoms with van der Waals surface area (Å²) in [5, 5.41) is 3.02. The van der Waals surface area contributed by atoms with Gasteiger partial charge in [0, 0.05) is 76.6 Å². The number of carbonyl (C=O) groups is 2. The van der Waals surface area contributed by atoms with Gasteiger partial charge >= 0.3 is 0 Å². The molecule has 1 N–H and O–H groups in total. The number of aromatic nitrogens is 1. The lowest BCUT2D eigenvalue weighted by atomic mass is 9.96. The van der Waals surface area contributed by atoms with Gasteiger partial charge in [0.15, 0.2) is 0 Å². The minimum Gasteiger partial charge on any atom is -0.356 e. The molecule has 1 unspecified atom stereocenters. The van der Waals surface area contributed by atoms with Crippen molar-refractivity contribution in [2.24, 2.45) is 5.92 Å². The first kappa shape index (κ1) is 22.7. The first-order valence-corrected chi connectivity index (χ1v) is 11.4. The number of piperazine rings is 1. The van der Waals surface area contributed by atoms with E-state index in [1.54, 1.807) is 0 Å². The monoisotopic (exact) mass is 415 g/mol. The van der Waals surface area contributed by atoms with Gasteiger partial charge in [-0.3, -0.25) is 24.4 Å². The van der Waals surface area contributed by atoms with E-state index < -0.39 is 0 Å². The fourth-order valence-corrected chi connectivity index (χ4v) is 4.42. The number of hydrogen-bond donors (Lipinski definition) is 1. The molecule has 7 heteroatoms. The van der Waals surface area contributed by atoms with Crippen molar-refractivity contribution < 1.29 is 9.59 Å². The zero-order valence-corrected chi connectivity index (χ0v) is 18.6. The van der Waals surface area contributed by atoms with Crippen LogP contribution in [0.25, 0.3) is 0 Å². The van der Waals surface area contributed by atoms with E-state index >= 15 is 0 Å². The quantitative estimate of drug-likeness (QED) is 0.811. The second-order valence-electron chi connectivity index (χ2n) is 8.81. The molecule has 2 aliphatic heterocycles. The van der Waals surface area contributed by atoms with Gasteiger partial charge < -0.3 is 10.2 Å². The van der Waals surface area contributed by atoms with Crippen molar-refractivity contribution in [3.05, 3.63) is 30.1 Å². The molecule has 1 atom stereocenters. The van der Waals surface area contributed by atoms with Crippen LogP contribution >= 0.6 is 0 Å². The van der Waals surface area contributed by atoms with Crippen LogP contribution in [0.5, 0.6) is 0 Å². The third-order valence-corrected chi connectivity index (χ3v) is 6.36. The fourth-order valence-electron chi connectivity index (χ4n) is 4.42. The Morgan fingerprint density at radius 1 is 1.10 bits per heavy atom. The van der Waals surface area contributed by atoms with Crippen LogP contribution < -0.4 is 5.32 Å². The third-order valence-electron chi connectivity index (χ3n) is 6.36. The van der Waals surface area contributed by atoms with Crippen LogP contribution in [0, 0.1) is 5.92 Å². The molecule has 166 valence electrons. The summed E-state index contributed by atoms with van der Waals surface area (Å²) < 4.78 is 0.